The van der Waals surface area contributed by atoms with E-state index in [9.17, 15) is 8.42 Å². The van der Waals surface area contributed by atoms with Gasteiger partial charge in [-0.2, -0.15) is 9.29 Å². The minimum atomic E-state index is -3.54. The number of hydrogen-bond acceptors (Lipinski definition) is 8. The molecule has 9 nitrogen and oxygen atoms in total. The quantitative estimate of drug-likeness (QED) is 0.504. The van der Waals surface area contributed by atoms with E-state index in [-0.39, 0.29) is 10.8 Å². The maximum absolute atomic E-state index is 13.0. The van der Waals surface area contributed by atoms with Crippen LogP contribution in [0.25, 0.3) is 0 Å². The fourth-order valence-corrected chi connectivity index (χ4v) is 5.42. The van der Waals surface area contributed by atoms with Crippen LogP contribution in [-0.4, -0.2) is 47.5 Å². The standard InChI is InChI=1S/C22H26N4O5S/c1-2-29-17-5-7-19(8-6-17)32(27,28)26-11-9-16(10-12-26)22-24-20(25-31-22)13-18-14-23-21(30-18)15-3-4-15/h5-8,14-16H,2-4,9-13H2,1H3. The molecular weight excluding hydrogens is 432 g/mol. The van der Waals surface area contributed by atoms with E-state index >= 15 is 0 Å². The Kier molecular flexibility index (Phi) is 5.73. The number of ether oxygens (including phenoxy) is 1. The van der Waals surface area contributed by atoms with E-state index < -0.39 is 10.0 Å². The largest absolute Gasteiger partial charge is 0.494 e. The summed E-state index contributed by atoms with van der Waals surface area (Å²) in [4.78, 5) is 9.12. The van der Waals surface area contributed by atoms with Gasteiger partial charge in [-0.05, 0) is 56.9 Å². The van der Waals surface area contributed by atoms with E-state index in [1.54, 1.807) is 30.5 Å². The Morgan fingerprint density at radius 3 is 2.47 bits per heavy atom. The van der Waals surface area contributed by atoms with E-state index in [1.807, 2.05) is 6.92 Å². The number of sulfonamides is 1. The first-order valence-corrected chi connectivity index (χ1v) is 12.5. The normalized spacial score (nSPS) is 18.2. The highest BCUT2D eigenvalue weighted by Gasteiger charge is 2.32. The van der Waals surface area contributed by atoms with Gasteiger partial charge in [-0.15, -0.1) is 0 Å². The molecule has 5 rings (SSSR count). The highest BCUT2D eigenvalue weighted by atomic mass is 32.2. The van der Waals surface area contributed by atoms with Crippen LogP contribution in [0, 0.1) is 0 Å². The molecule has 1 aliphatic carbocycles. The van der Waals surface area contributed by atoms with Gasteiger partial charge in [-0.25, -0.2) is 13.4 Å². The topological polar surface area (TPSA) is 112 Å². The molecule has 0 unspecified atom stereocenters. The predicted molar refractivity (Wildman–Crippen MR) is 114 cm³/mol. The van der Waals surface area contributed by atoms with Crippen LogP contribution in [0.5, 0.6) is 5.75 Å². The van der Waals surface area contributed by atoms with Gasteiger partial charge in [0.1, 0.15) is 11.5 Å². The first kappa shape index (κ1) is 21.1. The summed E-state index contributed by atoms with van der Waals surface area (Å²) < 4.78 is 44.1. The lowest BCUT2D eigenvalue weighted by Gasteiger charge is -2.29. The first-order valence-electron chi connectivity index (χ1n) is 11.0. The smallest absolute Gasteiger partial charge is 0.243 e. The van der Waals surface area contributed by atoms with Crippen LogP contribution in [0.1, 0.15) is 67.8 Å². The third-order valence-corrected chi connectivity index (χ3v) is 7.80. The number of benzene rings is 1. The number of rotatable bonds is 8. The number of aromatic nitrogens is 3. The summed E-state index contributed by atoms with van der Waals surface area (Å²) in [6.45, 7) is 3.24. The van der Waals surface area contributed by atoms with Crippen LogP contribution in [0.4, 0.5) is 0 Å². The molecule has 10 heteroatoms. The van der Waals surface area contributed by atoms with E-state index in [4.69, 9.17) is 13.7 Å². The molecule has 1 aromatic carbocycles. The lowest BCUT2D eigenvalue weighted by atomic mass is 9.98. The van der Waals surface area contributed by atoms with E-state index in [1.165, 1.54) is 4.31 Å². The van der Waals surface area contributed by atoms with Gasteiger partial charge in [0, 0.05) is 24.9 Å². The summed E-state index contributed by atoms with van der Waals surface area (Å²) in [7, 11) is -3.54. The van der Waals surface area contributed by atoms with E-state index in [0.29, 0.717) is 62.3 Å². The molecule has 0 N–H and O–H groups in total. The second-order valence-electron chi connectivity index (χ2n) is 8.25. The predicted octanol–water partition coefficient (Wildman–Crippen LogP) is 3.49. The number of hydrogen-bond donors (Lipinski definition) is 0. The highest BCUT2D eigenvalue weighted by Crippen LogP contribution is 2.39. The Hall–Kier alpha value is -2.72. The van der Waals surface area contributed by atoms with Crippen LogP contribution in [0.3, 0.4) is 0 Å². The molecule has 1 saturated heterocycles. The van der Waals surface area contributed by atoms with Gasteiger partial charge in [0.2, 0.25) is 15.9 Å². The summed E-state index contributed by atoms with van der Waals surface area (Å²) in [6, 6.07) is 6.56. The average Bonchev–Trinajstić information content (AvgIpc) is 3.37. The lowest BCUT2D eigenvalue weighted by Crippen LogP contribution is -2.37. The van der Waals surface area contributed by atoms with Gasteiger partial charge in [-0.1, -0.05) is 5.16 Å². The first-order chi connectivity index (χ1) is 15.5. The summed E-state index contributed by atoms with van der Waals surface area (Å²) >= 11 is 0. The molecule has 2 aliphatic rings. The zero-order chi connectivity index (χ0) is 22.1. The van der Waals surface area contributed by atoms with Crippen LogP contribution in [-0.2, 0) is 16.4 Å². The molecule has 3 heterocycles. The van der Waals surface area contributed by atoms with E-state index in [2.05, 4.69) is 15.1 Å². The monoisotopic (exact) mass is 458 g/mol. The molecule has 0 amide bonds. The number of oxazole rings is 1. The summed E-state index contributed by atoms with van der Waals surface area (Å²) in [5.41, 5.74) is 0. The molecule has 2 aromatic heterocycles. The summed E-state index contributed by atoms with van der Waals surface area (Å²) in [5, 5.41) is 4.08. The molecule has 1 aliphatic heterocycles. The van der Waals surface area contributed by atoms with Gasteiger partial charge >= 0.3 is 0 Å². The SMILES string of the molecule is CCOc1ccc(S(=O)(=O)N2CCC(c3nc(Cc4cnc(C5CC5)o4)no3)CC2)cc1. The molecule has 2 fully saturated rings. The van der Waals surface area contributed by atoms with Crippen molar-refractivity contribution >= 4 is 10.0 Å². The van der Waals surface area contributed by atoms with Crippen LogP contribution < -0.4 is 4.74 Å². The molecule has 0 atom stereocenters. The molecule has 0 radical (unpaired) electrons. The van der Waals surface area contributed by atoms with Crippen LogP contribution in [0.15, 0.2) is 44.3 Å². The molecule has 3 aromatic rings. The molecule has 1 saturated carbocycles. The Labute approximate surface area is 186 Å². The van der Waals surface area contributed by atoms with Gasteiger partial charge < -0.3 is 13.7 Å². The second-order valence-corrected chi connectivity index (χ2v) is 10.2. The zero-order valence-corrected chi connectivity index (χ0v) is 18.8. The number of nitrogens with zero attached hydrogens (tertiary/aromatic N) is 4. The van der Waals surface area contributed by atoms with Crippen molar-refractivity contribution in [1.82, 2.24) is 19.4 Å². The van der Waals surface area contributed by atoms with Gasteiger partial charge in [-0.3, -0.25) is 0 Å². The van der Waals surface area contributed by atoms with Crippen LogP contribution in [0.2, 0.25) is 0 Å². The van der Waals surface area contributed by atoms with Crippen molar-refractivity contribution < 1.29 is 22.1 Å². The minimum Gasteiger partial charge on any atom is -0.494 e. The average molecular weight is 459 g/mol. The molecule has 32 heavy (non-hydrogen) atoms. The van der Waals surface area contributed by atoms with Gasteiger partial charge in [0.05, 0.1) is 24.1 Å². The third-order valence-electron chi connectivity index (χ3n) is 5.89. The highest BCUT2D eigenvalue weighted by molar-refractivity contribution is 7.89. The fraction of sp³-hybridized carbons (Fsp3) is 0.500. The van der Waals surface area contributed by atoms with Gasteiger partial charge in [0.25, 0.3) is 0 Å². The third kappa shape index (κ3) is 4.42. The van der Waals surface area contributed by atoms with Crippen molar-refractivity contribution in [2.24, 2.45) is 0 Å². The summed E-state index contributed by atoms with van der Waals surface area (Å²) in [5.74, 6) is 3.81. The molecule has 0 bridgehead atoms. The fourth-order valence-electron chi connectivity index (χ4n) is 3.95. The van der Waals surface area contributed by atoms with Crippen molar-refractivity contribution in [2.75, 3.05) is 19.7 Å². The van der Waals surface area contributed by atoms with Gasteiger partial charge in [0.15, 0.2) is 11.7 Å². The number of piperidine rings is 1. The Morgan fingerprint density at radius 2 is 1.78 bits per heavy atom. The summed E-state index contributed by atoms with van der Waals surface area (Å²) in [6.07, 6.45) is 5.71. The maximum atomic E-state index is 13.0. The second kappa shape index (κ2) is 8.67. The molecule has 170 valence electrons. The molecular formula is C22H26N4O5S. The Bertz CT molecular complexity index is 1160. The zero-order valence-electron chi connectivity index (χ0n) is 17.9. The van der Waals surface area contributed by atoms with Crippen molar-refractivity contribution in [3.8, 4) is 5.75 Å². The Morgan fingerprint density at radius 1 is 1.06 bits per heavy atom. The minimum absolute atomic E-state index is 0.0415. The maximum Gasteiger partial charge on any atom is 0.243 e. The molecule has 0 spiro atoms. The Balaban J connectivity index is 1.19. The van der Waals surface area contributed by atoms with Crippen molar-refractivity contribution in [3.05, 3.63) is 53.8 Å². The van der Waals surface area contributed by atoms with Crippen molar-refractivity contribution in [1.29, 1.82) is 0 Å². The van der Waals surface area contributed by atoms with Crippen LogP contribution >= 0.6 is 0 Å². The van der Waals surface area contributed by atoms with Crippen molar-refractivity contribution in [3.63, 3.8) is 0 Å². The lowest BCUT2D eigenvalue weighted by molar-refractivity contribution is 0.270. The van der Waals surface area contributed by atoms with E-state index in [0.717, 1.165) is 24.5 Å². The van der Waals surface area contributed by atoms with Crippen molar-refractivity contribution in [2.45, 2.75) is 55.8 Å².